The number of unbranched alkanes of at least 4 members (excludes halogenated alkanes) is 1. The summed E-state index contributed by atoms with van der Waals surface area (Å²) < 4.78 is 0.885. The number of nitrogens with zero attached hydrogens (tertiary/aromatic N) is 1. The Balaban J connectivity index is 2.00. The minimum absolute atomic E-state index is 0.137. The number of rotatable bonds is 5. The topological polar surface area (TPSA) is 42.0 Å². The number of hydrogen-bond donors (Lipinski definition) is 1. The molecule has 1 N–H and O–H groups in total. The van der Waals surface area contributed by atoms with Crippen molar-refractivity contribution in [2.45, 2.75) is 26.2 Å². The highest BCUT2D eigenvalue weighted by Gasteiger charge is 2.06. The number of aryl methyl sites for hydroxylation is 1. The lowest BCUT2D eigenvalue weighted by Crippen LogP contribution is -2.12. The second-order valence-corrected chi connectivity index (χ2v) is 5.53. The summed E-state index contributed by atoms with van der Waals surface area (Å²) in [5.74, 6) is 0.412. The van der Waals surface area contributed by atoms with Crippen LogP contribution in [0, 0.1) is 0 Å². The molecule has 0 aliphatic carbocycles. The van der Waals surface area contributed by atoms with Gasteiger partial charge in [0.15, 0.2) is 0 Å². The van der Waals surface area contributed by atoms with Crippen LogP contribution in [0.15, 0.2) is 47.1 Å². The van der Waals surface area contributed by atoms with E-state index in [1.54, 1.807) is 12.3 Å². The summed E-state index contributed by atoms with van der Waals surface area (Å²) in [6.45, 7) is 2.17. The number of carbonyl (C=O) groups is 1. The van der Waals surface area contributed by atoms with Crippen LogP contribution in [0.4, 0.5) is 5.82 Å². The van der Waals surface area contributed by atoms with Gasteiger partial charge in [0.25, 0.3) is 5.91 Å². The van der Waals surface area contributed by atoms with E-state index < -0.39 is 0 Å². The van der Waals surface area contributed by atoms with E-state index >= 15 is 0 Å². The first kappa shape index (κ1) is 14.7. The van der Waals surface area contributed by atoms with Gasteiger partial charge in [-0.15, -0.1) is 0 Å². The number of carbonyl (C=O) groups excluding carboxylic acids is 1. The zero-order valence-electron chi connectivity index (χ0n) is 11.4. The average molecular weight is 333 g/mol. The van der Waals surface area contributed by atoms with Gasteiger partial charge < -0.3 is 5.32 Å². The molecule has 0 aliphatic rings. The van der Waals surface area contributed by atoms with Gasteiger partial charge in [-0.25, -0.2) is 4.98 Å². The summed E-state index contributed by atoms with van der Waals surface area (Å²) in [5.41, 5.74) is 1.92. The van der Waals surface area contributed by atoms with Crippen LogP contribution >= 0.6 is 15.9 Å². The molecule has 4 heteroatoms. The maximum atomic E-state index is 12.1. The number of nitrogens with one attached hydrogen (secondary N) is 1. The molecule has 1 aromatic carbocycles. The van der Waals surface area contributed by atoms with Gasteiger partial charge >= 0.3 is 0 Å². The number of hydrogen-bond acceptors (Lipinski definition) is 2. The summed E-state index contributed by atoms with van der Waals surface area (Å²) in [5, 5.41) is 2.78. The molecule has 3 nitrogen and oxygen atoms in total. The van der Waals surface area contributed by atoms with E-state index in [4.69, 9.17) is 0 Å². The van der Waals surface area contributed by atoms with E-state index in [2.05, 4.69) is 33.2 Å². The first-order chi connectivity index (χ1) is 9.69. The zero-order valence-corrected chi connectivity index (χ0v) is 13.0. The molecule has 0 unspecified atom stereocenters. The van der Waals surface area contributed by atoms with Crippen molar-refractivity contribution in [2.24, 2.45) is 0 Å². The molecule has 0 atom stereocenters. The van der Waals surface area contributed by atoms with Gasteiger partial charge in [0.1, 0.15) is 5.82 Å². The second-order valence-electron chi connectivity index (χ2n) is 4.62. The number of benzene rings is 1. The van der Waals surface area contributed by atoms with E-state index in [0.29, 0.717) is 11.4 Å². The lowest BCUT2D eigenvalue weighted by molar-refractivity contribution is 0.102. The Morgan fingerprint density at radius 2 is 1.95 bits per heavy atom. The number of aromatic nitrogens is 1. The Bertz CT molecular complexity index is 564. The lowest BCUT2D eigenvalue weighted by atomic mass is 10.1. The molecular weight excluding hydrogens is 316 g/mol. The third-order valence-electron chi connectivity index (χ3n) is 3.00. The van der Waals surface area contributed by atoms with Gasteiger partial charge in [-0.05, 0) is 58.6 Å². The van der Waals surface area contributed by atoms with Crippen LogP contribution in [0.5, 0.6) is 0 Å². The Morgan fingerprint density at radius 3 is 2.55 bits per heavy atom. The summed E-state index contributed by atoms with van der Waals surface area (Å²) in [4.78, 5) is 16.2. The van der Waals surface area contributed by atoms with Gasteiger partial charge in [-0.1, -0.05) is 25.5 Å². The molecule has 2 aromatic rings. The second kappa shape index (κ2) is 7.20. The summed E-state index contributed by atoms with van der Waals surface area (Å²) in [6.07, 6.45) is 5.07. The average Bonchev–Trinajstić information content (AvgIpc) is 2.48. The van der Waals surface area contributed by atoms with Gasteiger partial charge in [0, 0.05) is 16.2 Å². The molecule has 0 saturated carbocycles. The Hall–Kier alpha value is -1.68. The van der Waals surface area contributed by atoms with Crippen molar-refractivity contribution in [1.82, 2.24) is 4.98 Å². The molecular formula is C16H17BrN2O. The molecule has 0 bridgehead atoms. The van der Waals surface area contributed by atoms with Crippen molar-refractivity contribution in [3.8, 4) is 0 Å². The molecule has 1 aromatic heterocycles. The predicted molar refractivity (Wildman–Crippen MR) is 84.9 cm³/mol. The van der Waals surface area contributed by atoms with Gasteiger partial charge in [0.2, 0.25) is 0 Å². The predicted octanol–water partition coefficient (Wildman–Crippen LogP) is 4.44. The molecule has 2 rings (SSSR count). The van der Waals surface area contributed by atoms with Gasteiger partial charge in [0.05, 0.1) is 0 Å². The minimum Gasteiger partial charge on any atom is -0.307 e. The van der Waals surface area contributed by atoms with Crippen LogP contribution in [-0.2, 0) is 6.42 Å². The normalized spacial score (nSPS) is 10.3. The quantitative estimate of drug-likeness (QED) is 0.879. The minimum atomic E-state index is -0.137. The maximum absolute atomic E-state index is 12.1. The number of amides is 1. The Morgan fingerprint density at radius 1 is 1.20 bits per heavy atom. The number of halogens is 1. The molecule has 0 aliphatic heterocycles. The fourth-order valence-corrected chi connectivity index (χ4v) is 2.08. The smallest absolute Gasteiger partial charge is 0.256 e. The van der Waals surface area contributed by atoms with Crippen LogP contribution in [-0.4, -0.2) is 10.9 Å². The monoisotopic (exact) mass is 332 g/mol. The molecule has 1 heterocycles. The van der Waals surface area contributed by atoms with Crippen LogP contribution < -0.4 is 5.32 Å². The van der Waals surface area contributed by atoms with Crippen molar-refractivity contribution >= 4 is 27.7 Å². The number of pyridine rings is 1. The fraction of sp³-hybridized carbons (Fsp3) is 0.250. The summed E-state index contributed by atoms with van der Waals surface area (Å²) in [6, 6.07) is 11.4. The number of anilines is 1. The van der Waals surface area contributed by atoms with Gasteiger partial charge in [-0.2, -0.15) is 0 Å². The van der Waals surface area contributed by atoms with E-state index in [-0.39, 0.29) is 5.91 Å². The lowest BCUT2D eigenvalue weighted by Gasteiger charge is -2.05. The summed E-state index contributed by atoms with van der Waals surface area (Å²) >= 11 is 3.31. The van der Waals surface area contributed by atoms with E-state index in [0.717, 1.165) is 10.9 Å². The van der Waals surface area contributed by atoms with Crippen LogP contribution in [0.25, 0.3) is 0 Å². The fourth-order valence-electron chi connectivity index (χ4n) is 1.84. The molecule has 0 saturated heterocycles. The van der Waals surface area contributed by atoms with Crippen molar-refractivity contribution in [3.63, 3.8) is 0 Å². The molecule has 104 valence electrons. The molecule has 0 fully saturated rings. The van der Waals surface area contributed by atoms with Crippen LogP contribution in [0.2, 0.25) is 0 Å². The Kier molecular flexibility index (Phi) is 5.30. The highest BCUT2D eigenvalue weighted by Crippen LogP contribution is 2.13. The SMILES string of the molecule is CCCCc1ccc(C(=O)Nc2ccc(Br)cn2)cc1. The van der Waals surface area contributed by atoms with E-state index in [9.17, 15) is 4.79 Å². The van der Waals surface area contributed by atoms with Crippen molar-refractivity contribution in [2.75, 3.05) is 5.32 Å². The maximum Gasteiger partial charge on any atom is 0.256 e. The van der Waals surface area contributed by atoms with E-state index in [1.165, 1.54) is 18.4 Å². The standard InChI is InChI=1S/C16H17BrN2O/c1-2-3-4-12-5-7-13(8-6-12)16(20)19-15-10-9-14(17)11-18-15/h5-11H,2-4H2,1H3,(H,18,19,20). The third-order valence-corrected chi connectivity index (χ3v) is 3.47. The largest absolute Gasteiger partial charge is 0.307 e. The molecule has 0 radical (unpaired) electrons. The summed E-state index contributed by atoms with van der Waals surface area (Å²) in [7, 11) is 0. The van der Waals surface area contributed by atoms with Crippen molar-refractivity contribution in [3.05, 3.63) is 58.2 Å². The highest BCUT2D eigenvalue weighted by atomic mass is 79.9. The van der Waals surface area contributed by atoms with Crippen LogP contribution in [0.1, 0.15) is 35.7 Å². The van der Waals surface area contributed by atoms with E-state index in [1.807, 2.05) is 30.3 Å². The van der Waals surface area contributed by atoms with Gasteiger partial charge in [-0.3, -0.25) is 4.79 Å². The highest BCUT2D eigenvalue weighted by molar-refractivity contribution is 9.10. The van der Waals surface area contributed by atoms with Crippen molar-refractivity contribution < 1.29 is 4.79 Å². The third kappa shape index (κ3) is 4.17. The van der Waals surface area contributed by atoms with Crippen molar-refractivity contribution in [1.29, 1.82) is 0 Å². The first-order valence-electron chi connectivity index (χ1n) is 6.71. The molecule has 20 heavy (non-hydrogen) atoms. The molecule has 1 amide bonds. The van der Waals surface area contributed by atoms with Crippen LogP contribution in [0.3, 0.4) is 0 Å². The first-order valence-corrected chi connectivity index (χ1v) is 7.50. The molecule has 0 spiro atoms. The zero-order chi connectivity index (χ0) is 14.4. The Labute approximate surface area is 127 Å².